The van der Waals surface area contributed by atoms with Crippen molar-refractivity contribution < 1.29 is 4.74 Å². The first-order valence-corrected chi connectivity index (χ1v) is 5.26. The van der Waals surface area contributed by atoms with Gasteiger partial charge in [0.05, 0.1) is 6.04 Å². The molecule has 0 fully saturated rings. The summed E-state index contributed by atoms with van der Waals surface area (Å²) in [6, 6.07) is 6.55. The zero-order valence-corrected chi connectivity index (χ0v) is 9.10. The van der Waals surface area contributed by atoms with Gasteiger partial charge < -0.3 is 10.1 Å². The molecule has 3 heteroatoms. The first-order valence-electron chi connectivity index (χ1n) is 4.47. The van der Waals surface area contributed by atoms with Gasteiger partial charge in [-0.05, 0) is 18.7 Å². The molecule has 1 aromatic carbocycles. The topological polar surface area (TPSA) is 21.3 Å². The van der Waals surface area contributed by atoms with Crippen molar-refractivity contribution in [3.8, 4) is 5.75 Å². The van der Waals surface area contributed by atoms with Gasteiger partial charge in [0.2, 0.25) is 0 Å². The molecule has 1 unspecified atom stereocenters. The highest BCUT2D eigenvalue weighted by Crippen LogP contribution is 2.34. The minimum atomic E-state index is 0.369. The Kier molecular flexibility index (Phi) is 2.56. The first-order chi connectivity index (χ1) is 6.31. The predicted molar refractivity (Wildman–Crippen MR) is 56.1 cm³/mol. The molecular weight excluding hydrogens is 230 g/mol. The molecule has 1 aliphatic rings. The lowest BCUT2D eigenvalue weighted by Gasteiger charge is -2.08. The van der Waals surface area contributed by atoms with E-state index in [1.54, 1.807) is 0 Å². The molecule has 2 nitrogen and oxygen atoms in total. The molecule has 0 bridgehead atoms. The quantitative estimate of drug-likeness (QED) is 0.860. The van der Waals surface area contributed by atoms with E-state index in [1.165, 1.54) is 5.56 Å². The molecule has 1 aromatic rings. The molecule has 0 aliphatic carbocycles. The van der Waals surface area contributed by atoms with Crippen molar-refractivity contribution in [3.63, 3.8) is 0 Å². The van der Waals surface area contributed by atoms with Gasteiger partial charge in [-0.3, -0.25) is 0 Å². The average Bonchev–Trinajstić information content (AvgIpc) is 2.49. The number of hydrogen-bond acceptors (Lipinski definition) is 2. The standard InChI is InChI=1S/C10H12BrNO/c1-2-12-9-6-13-10-5-7(11)3-4-8(9)10/h3-5,9,12H,2,6H2,1H3. The maximum atomic E-state index is 5.55. The lowest BCUT2D eigenvalue weighted by atomic mass is 10.1. The molecule has 0 amide bonds. The normalized spacial score (nSPS) is 19.7. The van der Waals surface area contributed by atoms with E-state index in [9.17, 15) is 0 Å². The molecule has 0 saturated heterocycles. The van der Waals surface area contributed by atoms with Crippen LogP contribution in [0.2, 0.25) is 0 Å². The van der Waals surface area contributed by atoms with Crippen molar-refractivity contribution >= 4 is 15.9 Å². The third-order valence-corrected chi connectivity index (χ3v) is 2.70. The van der Waals surface area contributed by atoms with Crippen LogP contribution in [0.15, 0.2) is 22.7 Å². The van der Waals surface area contributed by atoms with Gasteiger partial charge in [-0.1, -0.05) is 28.9 Å². The van der Waals surface area contributed by atoms with E-state index in [0.717, 1.165) is 23.4 Å². The Bertz CT molecular complexity index is 314. The number of ether oxygens (including phenoxy) is 1. The van der Waals surface area contributed by atoms with Crippen LogP contribution in [0.4, 0.5) is 0 Å². The van der Waals surface area contributed by atoms with Gasteiger partial charge >= 0.3 is 0 Å². The summed E-state index contributed by atoms with van der Waals surface area (Å²) in [6.45, 7) is 3.83. The Hall–Kier alpha value is -0.540. The van der Waals surface area contributed by atoms with Gasteiger partial charge in [0.15, 0.2) is 0 Å². The molecule has 0 aromatic heterocycles. The third kappa shape index (κ3) is 1.71. The number of nitrogens with one attached hydrogen (secondary N) is 1. The van der Waals surface area contributed by atoms with Crippen LogP contribution in [-0.4, -0.2) is 13.2 Å². The summed E-state index contributed by atoms with van der Waals surface area (Å²) in [6.07, 6.45) is 0. The van der Waals surface area contributed by atoms with Gasteiger partial charge in [-0.2, -0.15) is 0 Å². The van der Waals surface area contributed by atoms with Crippen molar-refractivity contribution in [1.82, 2.24) is 5.32 Å². The maximum absolute atomic E-state index is 5.55. The van der Waals surface area contributed by atoms with E-state index in [0.29, 0.717) is 6.04 Å². The highest BCUT2D eigenvalue weighted by atomic mass is 79.9. The lowest BCUT2D eigenvalue weighted by Crippen LogP contribution is -2.21. The largest absolute Gasteiger partial charge is 0.491 e. The summed E-state index contributed by atoms with van der Waals surface area (Å²) in [5.41, 5.74) is 1.27. The first kappa shape index (κ1) is 9.03. The molecule has 13 heavy (non-hydrogen) atoms. The number of rotatable bonds is 2. The zero-order chi connectivity index (χ0) is 9.26. The van der Waals surface area contributed by atoms with Gasteiger partial charge in [-0.25, -0.2) is 0 Å². The summed E-state index contributed by atoms with van der Waals surface area (Å²) in [5, 5.41) is 3.38. The van der Waals surface area contributed by atoms with E-state index >= 15 is 0 Å². The molecule has 0 spiro atoms. The van der Waals surface area contributed by atoms with Crippen LogP contribution in [0.3, 0.4) is 0 Å². The van der Waals surface area contributed by atoms with Crippen molar-refractivity contribution in [3.05, 3.63) is 28.2 Å². The molecule has 0 saturated carbocycles. The molecule has 1 N–H and O–H groups in total. The van der Waals surface area contributed by atoms with Crippen molar-refractivity contribution in [2.24, 2.45) is 0 Å². The Morgan fingerprint density at radius 1 is 1.62 bits per heavy atom. The molecule has 1 heterocycles. The average molecular weight is 242 g/mol. The minimum Gasteiger partial charge on any atom is -0.491 e. The number of benzene rings is 1. The molecule has 1 aliphatic heterocycles. The van der Waals surface area contributed by atoms with Gasteiger partial charge in [-0.15, -0.1) is 0 Å². The fourth-order valence-corrected chi connectivity index (χ4v) is 1.94. The second kappa shape index (κ2) is 3.68. The third-order valence-electron chi connectivity index (χ3n) is 2.21. The molecule has 0 radical (unpaired) electrons. The van der Waals surface area contributed by atoms with Crippen LogP contribution in [0.1, 0.15) is 18.5 Å². The molecule has 1 atom stereocenters. The van der Waals surface area contributed by atoms with E-state index in [-0.39, 0.29) is 0 Å². The highest BCUT2D eigenvalue weighted by Gasteiger charge is 2.22. The highest BCUT2D eigenvalue weighted by molar-refractivity contribution is 9.10. The van der Waals surface area contributed by atoms with Crippen LogP contribution in [-0.2, 0) is 0 Å². The second-order valence-electron chi connectivity index (χ2n) is 3.10. The summed E-state index contributed by atoms with van der Waals surface area (Å²) in [4.78, 5) is 0. The second-order valence-corrected chi connectivity index (χ2v) is 4.02. The smallest absolute Gasteiger partial charge is 0.125 e. The van der Waals surface area contributed by atoms with E-state index in [2.05, 4.69) is 40.3 Å². The molecule has 2 rings (SSSR count). The number of fused-ring (bicyclic) bond motifs is 1. The van der Waals surface area contributed by atoms with Crippen LogP contribution in [0.5, 0.6) is 5.75 Å². The molecule has 70 valence electrons. The fraction of sp³-hybridized carbons (Fsp3) is 0.400. The lowest BCUT2D eigenvalue weighted by molar-refractivity contribution is 0.313. The van der Waals surface area contributed by atoms with Crippen LogP contribution in [0, 0.1) is 0 Å². The van der Waals surface area contributed by atoms with Gasteiger partial charge in [0.1, 0.15) is 12.4 Å². The van der Waals surface area contributed by atoms with Crippen molar-refractivity contribution in [2.45, 2.75) is 13.0 Å². The summed E-state index contributed by atoms with van der Waals surface area (Å²) < 4.78 is 6.62. The number of likely N-dealkylation sites (N-methyl/N-ethyl adjacent to an activating group) is 1. The number of hydrogen-bond donors (Lipinski definition) is 1. The Morgan fingerprint density at radius 3 is 3.23 bits per heavy atom. The van der Waals surface area contributed by atoms with E-state index < -0.39 is 0 Å². The monoisotopic (exact) mass is 241 g/mol. The van der Waals surface area contributed by atoms with Crippen LogP contribution in [0.25, 0.3) is 0 Å². The predicted octanol–water partition coefficient (Wildman–Crippen LogP) is 2.49. The SMILES string of the molecule is CCNC1COc2cc(Br)ccc21. The van der Waals surface area contributed by atoms with Crippen molar-refractivity contribution in [1.29, 1.82) is 0 Å². The van der Waals surface area contributed by atoms with E-state index in [4.69, 9.17) is 4.74 Å². The van der Waals surface area contributed by atoms with Gasteiger partial charge in [0.25, 0.3) is 0 Å². The zero-order valence-electron chi connectivity index (χ0n) is 7.51. The van der Waals surface area contributed by atoms with Crippen molar-refractivity contribution in [2.75, 3.05) is 13.2 Å². The van der Waals surface area contributed by atoms with Gasteiger partial charge in [0, 0.05) is 10.0 Å². The Morgan fingerprint density at radius 2 is 2.46 bits per heavy atom. The minimum absolute atomic E-state index is 0.369. The Labute approximate surface area is 86.4 Å². The maximum Gasteiger partial charge on any atom is 0.125 e. The molecular formula is C10H12BrNO. The Balaban J connectivity index is 2.27. The van der Waals surface area contributed by atoms with Crippen LogP contribution >= 0.6 is 15.9 Å². The summed E-state index contributed by atoms with van der Waals surface area (Å²) in [5.74, 6) is 1.00. The number of halogens is 1. The van der Waals surface area contributed by atoms with E-state index in [1.807, 2.05) is 6.07 Å². The van der Waals surface area contributed by atoms with Crippen LogP contribution < -0.4 is 10.1 Å². The summed E-state index contributed by atoms with van der Waals surface area (Å²) in [7, 11) is 0. The fourth-order valence-electron chi connectivity index (χ4n) is 1.60. The summed E-state index contributed by atoms with van der Waals surface area (Å²) >= 11 is 3.42.